The Balaban J connectivity index is 1.06. The molecular weight excluding hydrogens is 469 g/mol. The van der Waals surface area contributed by atoms with E-state index in [0.717, 1.165) is 74.8 Å². The molecule has 1 aliphatic heterocycles. The summed E-state index contributed by atoms with van der Waals surface area (Å²) in [5.74, 6) is 1.24. The van der Waals surface area contributed by atoms with Crippen molar-refractivity contribution in [2.75, 3.05) is 26.2 Å². The van der Waals surface area contributed by atoms with Gasteiger partial charge in [-0.3, -0.25) is 9.48 Å². The molecular formula is C29H38FN5O2. The highest BCUT2D eigenvalue weighted by molar-refractivity contribution is 6.06. The van der Waals surface area contributed by atoms with Gasteiger partial charge in [-0.15, -0.1) is 0 Å². The Kier molecular flexibility index (Phi) is 8.03. The molecule has 1 unspecified atom stereocenters. The summed E-state index contributed by atoms with van der Waals surface area (Å²) in [5.41, 5.74) is 3.93. The first kappa shape index (κ1) is 25.6. The van der Waals surface area contributed by atoms with Crippen LogP contribution in [0.4, 0.5) is 4.39 Å². The number of alkyl halides is 1. The number of aromatic nitrogens is 3. The molecule has 1 N–H and O–H groups in total. The van der Waals surface area contributed by atoms with Gasteiger partial charge in [-0.2, -0.15) is 5.10 Å². The predicted octanol–water partition coefficient (Wildman–Crippen LogP) is 4.48. The Labute approximate surface area is 218 Å². The number of aryl methyl sites for hydroxylation is 1. The average Bonchev–Trinajstić information content (AvgIpc) is 3.16. The van der Waals surface area contributed by atoms with Crippen LogP contribution >= 0.6 is 0 Å². The highest BCUT2D eigenvalue weighted by Gasteiger charge is 2.25. The van der Waals surface area contributed by atoms with Crippen LogP contribution in [0.25, 0.3) is 10.9 Å². The van der Waals surface area contributed by atoms with E-state index in [4.69, 9.17) is 4.74 Å². The number of nitrogens with zero attached hydrogens (tertiary/aromatic N) is 4. The summed E-state index contributed by atoms with van der Waals surface area (Å²) in [6.07, 6.45) is 8.40. The third-order valence-corrected chi connectivity index (χ3v) is 7.81. The number of hydrogen-bond donors (Lipinski definition) is 1. The predicted molar refractivity (Wildman–Crippen MR) is 143 cm³/mol. The van der Waals surface area contributed by atoms with Crippen LogP contribution in [0.2, 0.25) is 0 Å². The summed E-state index contributed by atoms with van der Waals surface area (Å²) in [4.78, 5) is 20.2. The smallest absolute Gasteiger partial charge is 0.252 e. The number of rotatable bonds is 8. The van der Waals surface area contributed by atoms with Crippen LogP contribution in [0, 0.1) is 5.92 Å². The molecule has 0 saturated heterocycles. The van der Waals surface area contributed by atoms with Gasteiger partial charge in [0.05, 0.1) is 11.1 Å². The molecule has 7 nitrogen and oxygen atoms in total. The topological polar surface area (TPSA) is 72.3 Å². The van der Waals surface area contributed by atoms with Crippen molar-refractivity contribution in [1.82, 2.24) is 25.0 Å². The second-order valence-electron chi connectivity index (χ2n) is 10.7. The fourth-order valence-corrected chi connectivity index (χ4v) is 5.70. The molecule has 1 aliphatic carbocycles. The van der Waals surface area contributed by atoms with Crippen LogP contribution < -0.4 is 10.1 Å². The molecule has 8 heteroatoms. The molecule has 1 aromatic carbocycles. The third-order valence-electron chi connectivity index (χ3n) is 7.81. The van der Waals surface area contributed by atoms with E-state index in [1.165, 1.54) is 18.9 Å². The van der Waals surface area contributed by atoms with Gasteiger partial charge in [0, 0.05) is 55.9 Å². The molecule has 1 saturated carbocycles. The minimum atomic E-state index is -0.996. The van der Waals surface area contributed by atoms with Crippen molar-refractivity contribution in [3.8, 4) is 5.88 Å². The number of carbonyl (C=O) groups is 1. The lowest BCUT2D eigenvalue weighted by Crippen LogP contribution is -2.38. The van der Waals surface area contributed by atoms with Crippen LogP contribution in [0.15, 0.2) is 36.5 Å². The maximum atomic E-state index is 13.1. The van der Waals surface area contributed by atoms with E-state index in [1.807, 2.05) is 37.5 Å². The number of benzene rings is 1. The van der Waals surface area contributed by atoms with Gasteiger partial charge >= 0.3 is 0 Å². The van der Waals surface area contributed by atoms with Gasteiger partial charge in [0.15, 0.2) is 0 Å². The number of ether oxygens (including phenoxy) is 1. The van der Waals surface area contributed by atoms with Crippen molar-refractivity contribution in [2.24, 2.45) is 13.0 Å². The number of amides is 1. The first-order valence-electron chi connectivity index (χ1n) is 13.7. The Bertz CT molecular complexity index is 1220. The quantitative estimate of drug-likeness (QED) is 0.487. The normalized spacial score (nSPS) is 21.3. The van der Waals surface area contributed by atoms with Gasteiger partial charge in [0.2, 0.25) is 5.88 Å². The molecule has 1 amide bonds. The average molecular weight is 508 g/mol. The van der Waals surface area contributed by atoms with Crippen molar-refractivity contribution >= 4 is 16.8 Å². The van der Waals surface area contributed by atoms with E-state index in [0.29, 0.717) is 17.4 Å². The van der Waals surface area contributed by atoms with E-state index in [-0.39, 0.29) is 18.6 Å². The van der Waals surface area contributed by atoms with E-state index >= 15 is 0 Å². The summed E-state index contributed by atoms with van der Waals surface area (Å²) < 4.78 is 20.3. The van der Waals surface area contributed by atoms with Gasteiger partial charge in [0.25, 0.3) is 5.91 Å². The zero-order valence-corrected chi connectivity index (χ0v) is 22.0. The molecule has 2 aliphatic rings. The van der Waals surface area contributed by atoms with Crippen LogP contribution in [0.1, 0.15) is 60.6 Å². The molecule has 37 heavy (non-hydrogen) atoms. The Hall–Kier alpha value is -3.00. The molecule has 198 valence electrons. The van der Waals surface area contributed by atoms with Crippen LogP contribution in [0.3, 0.4) is 0 Å². The second kappa shape index (κ2) is 11.6. The highest BCUT2D eigenvalue weighted by atomic mass is 19.1. The summed E-state index contributed by atoms with van der Waals surface area (Å²) in [6.45, 7) is 4.68. The second-order valence-corrected chi connectivity index (χ2v) is 10.7. The zero-order valence-electron chi connectivity index (χ0n) is 22.0. The van der Waals surface area contributed by atoms with Crippen molar-refractivity contribution < 1.29 is 13.9 Å². The van der Waals surface area contributed by atoms with Crippen molar-refractivity contribution in [3.05, 3.63) is 53.3 Å². The molecule has 0 radical (unpaired) electrons. The van der Waals surface area contributed by atoms with Gasteiger partial charge in [-0.05, 0) is 75.6 Å². The minimum absolute atomic E-state index is 0.00700. The molecule has 0 spiro atoms. The number of carbonyl (C=O) groups excluding carboxylic acids is 1. The molecule has 1 fully saturated rings. The number of fused-ring (bicyclic) bond motifs is 2. The number of nitrogens with one attached hydrogen (secondary N) is 1. The SMILES string of the molecule is CC(F)COc1ccc2c(n1)CCN(CC[C@H]1CC[C@H](NC(=O)c3cccc4nn(C)cc34)CC1)CC2. The first-order chi connectivity index (χ1) is 17.9. The zero-order chi connectivity index (χ0) is 25.8. The monoisotopic (exact) mass is 507 g/mol. The maximum absolute atomic E-state index is 13.1. The van der Waals surface area contributed by atoms with Gasteiger partial charge in [0.1, 0.15) is 12.8 Å². The van der Waals surface area contributed by atoms with E-state index in [1.54, 1.807) is 4.68 Å². The number of pyridine rings is 1. The van der Waals surface area contributed by atoms with Crippen LogP contribution in [-0.4, -0.2) is 64.0 Å². The van der Waals surface area contributed by atoms with Crippen LogP contribution in [-0.2, 0) is 19.9 Å². The molecule has 0 bridgehead atoms. The van der Waals surface area contributed by atoms with E-state index in [2.05, 4.69) is 26.4 Å². The highest BCUT2D eigenvalue weighted by Crippen LogP contribution is 2.28. The summed E-state index contributed by atoms with van der Waals surface area (Å²) >= 11 is 0. The largest absolute Gasteiger partial charge is 0.475 e. The first-order valence-corrected chi connectivity index (χ1v) is 13.7. The molecule has 3 heterocycles. The lowest BCUT2D eigenvalue weighted by atomic mass is 9.84. The standard InChI is InChI=1S/C29H38FN5O2/c1-20(30)19-37-28-11-8-22-13-16-35(17-14-26(22)32-28)15-12-21-6-9-23(10-7-21)31-29(36)24-4-3-5-27-25(24)18-34(2)33-27/h3-5,8,11,18,20-21,23H,6-7,9-10,12-17,19H2,1-2H3,(H,31,36)/t20?,21-,23-. The van der Waals surface area contributed by atoms with Gasteiger partial charge in [-0.25, -0.2) is 9.37 Å². The number of hydrogen-bond acceptors (Lipinski definition) is 5. The van der Waals surface area contributed by atoms with Crippen molar-refractivity contribution in [2.45, 2.75) is 64.1 Å². The lowest BCUT2D eigenvalue weighted by Gasteiger charge is -2.30. The van der Waals surface area contributed by atoms with Crippen molar-refractivity contribution in [1.29, 1.82) is 0 Å². The van der Waals surface area contributed by atoms with Crippen molar-refractivity contribution in [3.63, 3.8) is 0 Å². The maximum Gasteiger partial charge on any atom is 0.252 e. The fourth-order valence-electron chi connectivity index (χ4n) is 5.70. The fraction of sp³-hybridized carbons (Fsp3) is 0.552. The lowest BCUT2D eigenvalue weighted by molar-refractivity contribution is 0.0921. The summed E-state index contributed by atoms with van der Waals surface area (Å²) in [5, 5.41) is 8.60. The third kappa shape index (κ3) is 6.47. The Morgan fingerprint density at radius 1 is 1.16 bits per heavy atom. The molecule has 2 aromatic heterocycles. The van der Waals surface area contributed by atoms with Gasteiger partial charge < -0.3 is 15.0 Å². The summed E-state index contributed by atoms with van der Waals surface area (Å²) in [6, 6.07) is 9.93. The molecule has 5 rings (SSSR count). The summed E-state index contributed by atoms with van der Waals surface area (Å²) in [7, 11) is 1.88. The number of halogens is 1. The minimum Gasteiger partial charge on any atom is -0.475 e. The van der Waals surface area contributed by atoms with E-state index in [9.17, 15) is 9.18 Å². The molecule has 1 atom stereocenters. The van der Waals surface area contributed by atoms with Crippen LogP contribution in [0.5, 0.6) is 5.88 Å². The molecule has 3 aromatic rings. The Morgan fingerprint density at radius 2 is 1.97 bits per heavy atom. The van der Waals surface area contributed by atoms with Gasteiger partial charge in [-0.1, -0.05) is 12.1 Å². The Morgan fingerprint density at radius 3 is 2.78 bits per heavy atom. The van der Waals surface area contributed by atoms with E-state index < -0.39 is 6.17 Å².